The van der Waals surface area contributed by atoms with Crippen molar-refractivity contribution in [2.75, 3.05) is 24.6 Å². The van der Waals surface area contributed by atoms with Gasteiger partial charge in [-0.25, -0.2) is 0 Å². The van der Waals surface area contributed by atoms with Gasteiger partial charge in [0.15, 0.2) is 17.5 Å². The molecule has 2 aromatic carbocycles. The van der Waals surface area contributed by atoms with Gasteiger partial charge >= 0.3 is 0 Å². The topological polar surface area (TPSA) is 440 Å². The summed E-state index contributed by atoms with van der Waals surface area (Å²) in [5.41, 5.74) is 34.6. The minimum atomic E-state index is -1.54. The number of nitrogens with two attached hydrogens (primary N) is 6. The lowest BCUT2D eigenvalue weighted by Crippen LogP contribution is -2.58. The normalized spacial score (nSPS) is 22.8. The number of nitrogens with zero attached hydrogens (tertiary/aromatic N) is 2. The maximum Gasteiger partial charge on any atom is 0.246 e. The van der Waals surface area contributed by atoms with Crippen LogP contribution >= 0.6 is 21.6 Å². The summed E-state index contributed by atoms with van der Waals surface area (Å²) in [6, 6.07) is 5.09. The van der Waals surface area contributed by atoms with Crippen molar-refractivity contribution in [2.45, 2.75) is 119 Å². The number of carbonyl (C=O) groups excluding carboxylic acids is 11. The van der Waals surface area contributed by atoms with E-state index in [1.165, 1.54) is 29.2 Å². The molecule has 2 fully saturated rings. The lowest BCUT2D eigenvalue weighted by atomic mass is 9.92. The molecule has 0 aliphatic carbocycles. The number of likely N-dealkylation sites (tertiary alicyclic amines) is 1. The molecule has 2 aliphatic heterocycles. The Morgan fingerprint density at radius 3 is 1.93 bits per heavy atom. The molecular weight excluding hydrogens is 1010 g/mol. The van der Waals surface area contributed by atoms with E-state index in [9.17, 15) is 57.8 Å². The van der Waals surface area contributed by atoms with Gasteiger partial charge in [0.1, 0.15) is 29.9 Å². The number of nitrogens with one attached hydrogen (secondary N) is 5. The zero-order valence-corrected chi connectivity index (χ0v) is 42.9. The number of guanidine groups is 1. The zero-order valence-electron chi connectivity index (χ0n) is 41.2. The summed E-state index contributed by atoms with van der Waals surface area (Å²) in [4.78, 5) is 154. The van der Waals surface area contributed by atoms with Gasteiger partial charge in [-0.3, -0.25) is 57.7 Å². The van der Waals surface area contributed by atoms with E-state index >= 15 is 0 Å². The molecule has 27 heteroatoms. The number of primary amides is 3. The molecule has 0 aromatic heterocycles. The summed E-state index contributed by atoms with van der Waals surface area (Å²) >= 11 is 0. The molecule has 25 nitrogen and oxygen atoms in total. The summed E-state index contributed by atoms with van der Waals surface area (Å²) in [6.07, 6.45) is -2.24. The zero-order chi connectivity index (χ0) is 55.2. The first kappa shape index (κ1) is 60.3. The van der Waals surface area contributed by atoms with Crippen LogP contribution in [0.2, 0.25) is 0 Å². The average Bonchev–Trinajstić information content (AvgIpc) is 3.86. The number of ketones is 2. The standard InChI is InChI=1S/C48H67N13O12S2/c49-30-24-74-75-25-35(47(73)61-19-5-9-36(61)46(72)57-31(8-4-18-55-48(53)54)37(63)15-17-40(51)66)60-42(68)28(23-41(52)67)22-38(64)32(14-16-39(50)65)56-44(70)34(20-26-6-2-1-3-7-26)59-45(71)33(58-43(30)69)21-27-10-12-29(62)13-11-27/h1-3,6-7,10-13,28,30-36,62H,4-5,8-9,14-25,49H2,(H2,50,65)(H2,51,66)(H2,52,67)(H,56,70)(H,57,72)(H,58,69)(H,59,71)(H,60,68)(H4,53,54,55)/t28?,30-,31-,32?,33?,34-,35-,36?/m0/s1. The van der Waals surface area contributed by atoms with Crippen LogP contribution in [0.25, 0.3) is 0 Å². The molecule has 8 atom stereocenters. The molecule has 4 rings (SSSR count). The fourth-order valence-electron chi connectivity index (χ4n) is 8.23. The van der Waals surface area contributed by atoms with Crippen molar-refractivity contribution >= 4 is 92.3 Å². The van der Waals surface area contributed by atoms with Crippen LogP contribution in [-0.2, 0) is 65.6 Å². The molecule has 0 saturated carbocycles. The fourth-order valence-corrected chi connectivity index (χ4v) is 10.5. The second kappa shape index (κ2) is 30.2. The Kier molecular flexibility index (Phi) is 24.3. The smallest absolute Gasteiger partial charge is 0.246 e. The monoisotopic (exact) mass is 1080 g/mol. The van der Waals surface area contributed by atoms with E-state index < -0.39 is 132 Å². The fraction of sp³-hybridized carbons (Fsp3) is 0.500. The number of Topliss-reactive ketones (excluding diaryl/α,β-unsaturated/α-hetero) is 2. The number of phenolic OH excluding ortho intramolecular Hbond substituents is 1. The van der Waals surface area contributed by atoms with Gasteiger partial charge in [-0.05, 0) is 55.4 Å². The Bertz CT molecular complexity index is 2410. The maximum absolute atomic E-state index is 14.6. The van der Waals surface area contributed by atoms with Gasteiger partial charge in [0.05, 0.1) is 24.0 Å². The van der Waals surface area contributed by atoms with Gasteiger partial charge in [0.25, 0.3) is 0 Å². The third-order valence-corrected chi connectivity index (χ3v) is 14.6. The number of hydrogen-bond donors (Lipinski definition) is 12. The van der Waals surface area contributed by atoms with Crippen LogP contribution in [0.5, 0.6) is 5.75 Å². The molecule has 2 saturated heterocycles. The summed E-state index contributed by atoms with van der Waals surface area (Å²) in [5.74, 6) is -11.0. The largest absolute Gasteiger partial charge is 0.508 e. The van der Waals surface area contributed by atoms with Crippen molar-refractivity contribution < 1.29 is 57.8 Å². The predicted octanol–water partition coefficient (Wildman–Crippen LogP) is -3.08. The number of rotatable bonds is 20. The summed E-state index contributed by atoms with van der Waals surface area (Å²) in [6.45, 7) is 0.156. The molecule has 9 amide bonds. The maximum atomic E-state index is 14.6. The van der Waals surface area contributed by atoms with Gasteiger partial charge in [-0.2, -0.15) is 0 Å². The van der Waals surface area contributed by atoms with Gasteiger partial charge in [0.2, 0.25) is 53.2 Å². The van der Waals surface area contributed by atoms with Gasteiger partial charge < -0.3 is 71.0 Å². The summed E-state index contributed by atoms with van der Waals surface area (Å²) in [7, 11) is 2.05. The molecule has 18 N–H and O–H groups in total. The summed E-state index contributed by atoms with van der Waals surface area (Å²) < 4.78 is 0. The second-order valence-corrected chi connectivity index (χ2v) is 20.7. The van der Waals surface area contributed by atoms with E-state index in [1.54, 1.807) is 30.3 Å². The minimum Gasteiger partial charge on any atom is -0.508 e. The second-order valence-electron chi connectivity index (χ2n) is 18.2. The Hall–Kier alpha value is -7.26. The molecular formula is C48H67N13O12S2. The highest BCUT2D eigenvalue weighted by atomic mass is 33.1. The summed E-state index contributed by atoms with van der Waals surface area (Å²) in [5, 5.41) is 23.2. The quantitative estimate of drug-likeness (QED) is 0.0271. The highest BCUT2D eigenvalue weighted by molar-refractivity contribution is 8.76. The van der Waals surface area contributed by atoms with E-state index in [4.69, 9.17) is 34.4 Å². The van der Waals surface area contributed by atoms with Gasteiger partial charge in [0, 0.05) is 69.5 Å². The van der Waals surface area contributed by atoms with E-state index in [-0.39, 0.29) is 87.7 Å². The van der Waals surface area contributed by atoms with Crippen molar-refractivity contribution in [1.82, 2.24) is 31.5 Å². The molecule has 2 aliphatic rings. The third kappa shape index (κ3) is 20.5. The molecule has 4 unspecified atom stereocenters. The highest BCUT2D eigenvalue weighted by Gasteiger charge is 2.40. The number of carbonyl (C=O) groups is 11. The van der Waals surface area contributed by atoms with Crippen molar-refractivity contribution in [3.05, 3.63) is 65.7 Å². The van der Waals surface area contributed by atoms with E-state index in [1.807, 2.05) is 0 Å². The minimum absolute atomic E-state index is 0.0333. The third-order valence-electron chi connectivity index (χ3n) is 12.2. The highest BCUT2D eigenvalue weighted by Crippen LogP contribution is 2.27. The van der Waals surface area contributed by atoms with Crippen LogP contribution in [0.4, 0.5) is 0 Å². The molecule has 0 bridgehead atoms. The molecule has 75 heavy (non-hydrogen) atoms. The van der Waals surface area contributed by atoms with Crippen LogP contribution in [0.1, 0.15) is 75.3 Å². The number of benzene rings is 2. The first-order valence-electron chi connectivity index (χ1n) is 24.2. The molecule has 2 aromatic rings. The molecule has 408 valence electrons. The number of phenols is 1. The van der Waals surface area contributed by atoms with E-state index in [0.29, 0.717) is 17.5 Å². The van der Waals surface area contributed by atoms with Crippen LogP contribution in [0, 0.1) is 5.92 Å². The molecule has 2 heterocycles. The van der Waals surface area contributed by atoms with Crippen molar-refractivity contribution in [3.8, 4) is 5.75 Å². The van der Waals surface area contributed by atoms with E-state index in [0.717, 1.165) is 21.6 Å². The Labute approximate surface area is 440 Å². The SMILES string of the molecule is NC(=O)CCC(=O)[C@H](CCCN=C(N)N)NC(=O)C1CCCN1C(=O)[C@@H]1CSSC[C@H](N)C(=O)NC(Cc2ccc(O)cc2)C(=O)N[C@@H](Cc2ccccc2)C(=O)NC(CCC(N)=O)C(=O)CC(CC(N)=O)C(=O)N1. The number of amides is 9. The van der Waals surface area contributed by atoms with Gasteiger partial charge in [-0.1, -0.05) is 64.1 Å². The molecule has 0 radical (unpaired) electrons. The number of aliphatic imine (C=N–C) groups is 1. The van der Waals surface area contributed by atoms with Gasteiger partial charge in [-0.15, -0.1) is 0 Å². The Morgan fingerprint density at radius 1 is 0.720 bits per heavy atom. The Morgan fingerprint density at radius 2 is 1.32 bits per heavy atom. The van der Waals surface area contributed by atoms with Crippen LogP contribution < -0.4 is 61.0 Å². The first-order valence-corrected chi connectivity index (χ1v) is 26.7. The van der Waals surface area contributed by atoms with Crippen LogP contribution in [0.3, 0.4) is 0 Å². The Balaban J connectivity index is 1.71. The predicted molar refractivity (Wildman–Crippen MR) is 278 cm³/mol. The van der Waals surface area contributed by atoms with Crippen molar-refractivity contribution in [2.24, 2.45) is 45.3 Å². The lowest BCUT2D eigenvalue weighted by Gasteiger charge is -2.30. The average molecular weight is 1080 g/mol. The van der Waals surface area contributed by atoms with Crippen LogP contribution in [-0.4, -0.2) is 148 Å². The van der Waals surface area contributed by atoms with E-state index in [2.05, 4.69) is 31.6 Å². The number of hydrogen-bond acceptors (Lipinski definition) is 16. The van der Waals surface area contributed by atoms with Crippen molar-refractivity contribution in [3.63, 3.8) is 0 Å². The van der Waals surface area contributed by atoms with Crippen LogP contribution in [0.15, 0.2) is 59.6 Å². The lowest BCUT2D eigenvalue weighted by molar-refractivity contribution is -0.142. The number of aromatic hydroxyl groups is 1. The molecule has 0 spiro atoms. The first-order chi connectivity index (χ1) is 35.6. The van der Waals surface area contributed by atoms with Crippen molar-refractivity contribution in [1.29, 1.82) is 0 Å².